The van der Waals surface area contributed by atoms with E-state index in [1.54, 1.807) is 0 Å². The predicted molar refractivity (Wildman–Crippen MR) is 86.1 cm³/mol. The fourth-order valence-electron chi connectivity index (χ4n) is 4.48. The lowest BCUT2D eigenvalue weighted by Gasteiger charge is -2.52. The summed E-state index contributed by atoms with van der Waals surface area (Å²) in [6, 6.07) is 0. The van der Waals surface area contributed by atoms with Crippen LogP contribution >= 0.6 is 0 Å². The number of aliphatic hydroxyl groups excluding tert-OH is 1. The van der Waals surface area contributed by atoms with Crippen molar-refractivity contribution in [3.05, 3.63) is 17.0 Å². The van der Waals surface area contributed by atoms with Crippen LogP contribution in [0, 0.1) is 10.8 Å². The van der Waals surface area contributed by atoms with Gasteiger partial charge in [0.2, 0.25) is 0 Å². The van der Waals surface area contributed by atoms with Gasteiger partial charge in [0, 0.05) is 23.9 Å². The minimum Gasteiger partial charge on any atom is -0.396 e. The molecule has 2 heterocycles. The van der Waals surface area contributed by atoms with Crippen LogP contribution in [0.2, 0.25) is 0 Å². The molecule has 6 heteroatoms. The smallest absolute Gasteiger partial charge is 0.272 e. The molecule has 0 bridgehead atoms. The molecule has 0 unspecified atom stereocenters. The van der Waals surface area contributed by atoms with Crippen LogP contribution in [0.15, 0.2) is 0 Å². The Labute approximate surface area is 137 Å². The van der Waals surface area contributed by atoms with Gasteiger partial charge in [-0.05, 0) is 32.1 Å². The Kier molecular flexibility index (Phi) is 4.01. The summed E-state index contributed by atoms with van der Waals surface area (Å²) < 4.78 is 5.75. The quantitative estimate of drug-likeness (QED) is 0.791. The van der Waals surface area contributed by atoms with E-state index in [2.05, 4.69) is 29.4 Å². The van der Waals surface area contributed by atoms with E-state index in [1.165, 1.54) is 0 Å². The SMILES string of the molecule is C[C@@H]1Cc2c(C(=O)NCC3(CO)CC(C)(C)C3)n[nH]c2[C@H](C)O1. The van der Waals surface area contributed by atoms with E-state index >= 15 is 0 Å². The molecular formula is C17H27N3O3. The first-order valence-electron chi connectivity index (χ1n) is 8.37. The minimum atomic E-state index is -0.181. The number of nitrogens with zero attached hydrogens (tertiary/aromatic N) is 1. The van der Waals surface area contributed by atoms with E-state index in [-0.39, 0.29) is 35.6 Å². The van der Waals surface area contributed by atoms with Crippen molar-refractivity contribution in [1.82, 2.24) is 15.5 Å². The van der Waals surface area contributed by atoms with Gasteiger partial charge in [-0.1, -0.05) is 13.8 Å². The van der Waals surface area contributed by atoms with E-state index < -0.39 is 0 Å². The van der Waals surface area contributed by atoms with Crippen LogP contribution in [0.4, 0.5) is 0 Å². The van der Waals surface area contributed by atoms with Gasteiger partial charge in [0.05, 0.1) is 24.5 Å². The molecule has 1 aliphatic heterocycles. The monoisotopic (exact) mass is 321 g/mol. The number of ether oxygens (including phenoxy) is 1. The molecule has 6 nitrogen and oxygen atoms in total. The topological polar surface area (TPSA) is 87.2 Å². The lowest BCUT2D eigenvalue weighted by Crippen LogP contribution is -2.52. The number of hydrogen-bond donors (Lipinski definition) is 3. The number of H-pyrrole nitrogens is 1. The third-order valence-electron chi connectivity index (χ3n) is 5.12. The maximum atomic E-state index is 12.5. The summed E-state index contributed by atoms with van der Waals surface area (Å²) in [6.45, 7) is 8.95. The summed E-state index contributed by atoms with van der Waals surface area (Å²) in [5, 5.41) is 19.8. The highest BCUT2D eigenvalue weighted by molar-refractivity contribution is 5.94. The maximum Gasteiger partial charge on any atom is 0.272 e. The molecule has 0 spiro atoms. The highest BCUT2D eigenvalue weighted by Gasteiger charge is 2.48. The van der Waals surface area contributed by atoms with Gasteiger partial charge >= 0.3 is 0 Å². The Hall–Kier alpha value is -1.40. The molecule has 1 aromatic heterocycles. The number of fused-ring (bicyclic) bond motifs is 1. The molecule has 0 radical (unpaired) electrons. The zero-order chi connectivity index (χ0) is 16.8. The molecule has 1 aromatic rings. The number of rotatable bonds is 4. The molecule has 2 aliphatic rings. The average Bonchev–Trinajstić information content (AvgIpc) is 2.86. The van der Waals surface area contributed by atoms with Crippen molar-refractivity contribution in [2.45, 2.75) is 59.2 Å². The average molecular weight is 321 g/mol. The fourth-order valence-corrected chi connectivity index (χ4v) is 4.48. The van der Waals surface area contributed by atoms with Gasteiger partial charge in [-0.2, -0.15) is 5.10 Å². The first-order valence-corrected chi connectivity index (χ1v) is 8.37. The number of carbonyl (C=O) groups is 1. The third-order valence-corrected chi connectivity index (χ3v) is 5.12. The van der Waals surface area contributed by atoms with E-state index in [0.717, 1.165) is 24.1 Å². The van der Waals surface area contributed by atoms with Crippen molar-refractivity contribution in [2.24, 2.45) is 10.8 Å². The number of amides is 1. The molecule has 1 amide bonds. The van der Waals surface area contributed by atoms with Gasteiger partial charge < -0.3 is 15.2 Å². The van der Waals surface area contributed by atoms with Crippen molar-refractivity contribution < 1.29 is 14.6 Å². The van der Waals surface area contributed by atoms with Crippen LogP contribution in [0.5, 0.6) is 0 Å². The van der Waals surface area contributed by atoms with Crippen molar-refractivity contribution in [3.8, 4) is 0 Å². The van der Waals surface area contributed by atoms with Gasteiger partial charge in [-0.3, -0.25) is 9.89 Å². The summed E-state index contributed by atoms with van der Waals surface area (Å²) >= 11 is 0. The second-order valence-corrected chi connectivity index (χ2v) is 8.12. The van der Waals surface area contributed by atoms with E-state index in [0.29, 0.717) is 18.7 Å². The number of aromatic amines is 1. The van der Waals surface area contributed by atoms with Gasteiger partial charge in [-0.15, -0.1) is 0 Å². The maximum absolute atomic E-state index is 12.5. The Morgan fingerprint density at radius 1 is 1.43 bits per heavy atom. The molecular weight excluding hydrogens is 294 g/mol. The molecule has 0 saturated heterocycles. The van der Waals surface area contributed by atoms with Crippen LogP contribution in [0.3, 0.4) is 0 Å². The Balaban J connectivity index is 1.68. The summed E-state index contributed by atoms with van der Waals surface area (Å²) in [7, 11) is 0. The van der Waals surface area contributed by atoms with Gasteiger partial charge in [0.25, 0.3) is 5.91 Å². The number of aromatic nitrogens is 2. The van der Waals surface area contributed by atoms with E-state index in [9.17, 15) is 9.90 Å². The Morgan fingerprint density at radius 3 is 2.74 bits per heavy atom. The van der Waals surface area contributed by atoms with Gasteiger partial charge in [-0.25, -0.2) is 0 Å². The molecule has 3 N–H and O–H groups in total. The lowest BCUT2D eigenvalue weighted by atomic mass is 9.54. The fraction of sp³-hybridized carbons (Fsp3) is 0.765. The lowest BCUT2D eigenvalue weighted by molar-refractivity contribution is -0.0520. The minimum absolute atomic E-state index is 0.0704. The number of hydrogen-bond acceptors (Lipinski definition) is 4. The van der Waals surface area contributed by atoms with Gasteiger partial charge in [0.15, 0.2) is 5.69 Å². The summed E-state index contributed by atoms with van der Waals surface area (Å²) in [6.07, 6.45) is 2.56. The molecule has 1 aliphatic carbocycles. The van der Waals surface area contributed by atoms with E-state index in [4.69, 9.17) is 4.74 Å². The number of carbonyl (C=O) groups excluding carboxylic acids is 1. The van der Waals surface area contributed by atoms with Gasteiger partial charge in [0.1, 0.15) is 0 Å². The second-order valence-electron chi connectivity index (χ2n) is 8.12. The number of nitrogens with one attached hydrogen (secondary N) is 2. The summed E-state index contributed by atoms with van der Waals surface area (Å²) in [4.78, 5) is 12.5. The number of aliphatic hydroxyl groups is 1. The standard InChI is InChI=1S/C17H27N3O3/c1-10-5-12-13(11(2)23-10)19-20-14(12)15(22)18-8-17(9-21)6-16(3,4)7-17/h10-11,21H,5-9H2,1-4H3,(H,18,22)(H,19,20)/t10-,11+/m1/s1. The zero-order valence-electron chi connectivity index (χ0n) is 14.4. The van der Waals surface area contributed by atoms with Crippen molar-refractivity contribution in [1.29, 1.82) is 0 Å². The van der Waals surface area contributed by atoms with Crippen LogP contribution in [0.1, 0.15) is 68.4 Å². The molecule has 1 fully saturated rings. The Morgan fingerprint density at radius 2 is 2.13 bits per heavy atom. The van der Waals surface area contributed by atoms with Crippen molar-refractivity contribution in [2.75, 3.05) is 13.2 Å². The largest absolute Gasteiger partial charge is 0.396 e. The van der Waals surface area contributed by atoms with E-state index in [1.807, 2.05) is 13.8 Å². The predicted octanol–water partition coefficient (Wildman–Crippen LogP) is 1.96. The second kappa shape index (κ2) is 5.60. The highest BCUT2D eigenvalue weighted by atomic mass is 16.5. The summed E-state index contributed by atoms with van der Waals surface area (Å²) in [5.74, 6) is -0.165. The van der Waals surface area contributed by atoms with Crippen LogP contribution in [0.25, 0.3) is 0 Å². The summed E-state index contributed by atoms with van der Waals surface area (Å²) in [5.41, 5.74) is 2.39. The molecule has 128 valence electrons. The Bertz CT molecular complexity index is 600. The normalized spacial score (nSPS) is 27.9. The van der Waals surface area contributed by atoms with Crippen LogP contribution < -0.4 is 5.32 Å². The molecule has 23 heavy (non-hydrogen) atoms. The third kappa shape index (κ3) is 3.02. The van der Waals surface area contributed by atoms with Crippen molar-refractivity contribution >= 4 is 5.91 Å². The molecule has 2 atom stereocenters. The van der Waals surface area contributed by atoms with Crippen LogP contribution in [-0.4, -0.2) is 40.5 Å². The molecule has 1 saturated carbocycles. The van der Waals surface area contributed by atoms with Crippen molar-refractivity contribution in [3.63, 3.8) is 0 Å². The highest BCUT2D eigenvalue weighted by Crippen LogP contribution is 2.53. The molecule has 0 aromatic carbocycles. The molecule has 3 rings (SSSR count). The van der Waals surface area contributed by atoms with Crippen LogP contribution in [-0.2, 0) is 11.2 Å². The zero-order valence-corrected chi connectivity index (χ0v) is 14.4. The first kappa shape index (κ1) is 16.5. The first-order chi connectivity index (χ1) is 10.8.